The number of hydrogen-bond acceptors (Lipinski definition) is 3. The fourth-order valence-electron chi connectivity index (χ4n) is 2.31. The molecule has 2 rings (SSSR count). The van der Waals surface area contributed by atoms with Crippen molar-refractivity contribution in [3.8, 4) is 5.75 Å². The Morgan fingerprint density at radius 3 is 2.59 bits per heavy atom. The second-order valence-corrected chi connectivity index (χ2v) is 4.71. The molecule has 0 aliphatic carbocycles. The molecule has 3 heteroatoms. The monoisotopic (exact) mass is 235 g/mol. The van der Waals surface area contributed by atoms with Gasteiger partial charge in [0.15, 0.2) is 0 Å². The highest BCUT2D eigenvalue weighted by atomic mass is 16.5. The average molecular weight is 235 g/mol. The molecule has 3 nitrogen and oxygen atoms in total. The molecule has 0 aromatic heterocycles. The molecule has 1 N–H and O–H groups in total. The van der Waals surface area contributed by atoms with Crippen LogP contribution in [0, 0.1) is 0 Å². The van der Waals surface area contributed by atoms with Crippen LogP contribution in [0.4, 0.5) is 0 Å². The maximum atomic E-state index is 5.94. The lowest BCUT2D eigenvalue weighted by molar-refractivity contribution is 0.0461. The molecule has 17 heavy (non-hydrogen) atoms. The van der Waals surface area contributed by atoms with Gasteiger partial charge in [-0.1, -0.05) is 12.1 Å². The SMILES string of the molecule is COc1ccc(C2OCCC(C)NC2C)cc1. The third-order valence-electron chi connectivity index (χ3n) is 3.29. The zero-order valence-electron chi connectivity index (χ0n) is 10.8. The molecule has 1 aromatic rings. The summed E-state index contributed by atoms with van der Waals surface area (Å²) in [6.45, 7) is 5.20. The minimum absolute atomic E-state index is 0.130. The lowest BCUT2D eigenvalue weighted by Crippen LogP contribution is -2.36. The van der Waals surface area contributed by atoms with Crippen LogP contribution in [-0.4, -0.2) is 25.8 Å². The van der Waals surface area contributed by atoms with Crippen molar-refractivity contribution in [1.29, 1.82) is 0 Å². The predicted molar refractivity (Wildman–Crippen MR) is 68.4 cm³/mol. The molecule has 0 spiro atoms. The van der Waals surface area contributed by atoms with Gasteiger partial charge in [0.25, 0.3) is 0 Å². The van der Waals surface area contributed by atoms with Crippen LogP contribution in [0.5, 0.6) is 5.75 Å². The van der Waals surface area contributed by atoms with Gasteiger partial charge >= 0.3 is 0 Å². The topological polar surface area (TPSA) is 30.5 Å². The van der Waals surface area contributed by atoms with Crippen LogP contribution < -0.4 is 10.1 Å². The average Bonchev–Trinajstić information content (AvgIpc) is 2.50. The van der Waals surface area contributed by atoms with Crippen LogP contribution in [-0.2, 0) is 4.74 Å². The third-order valence-corrected chi connectivity index (χ3v) is 3.29. The maximum Gasteiger partial charge on any atom is 0.118 e. The van der Waals surface area contributed by atoms with Gasteiger partial charge in [0, 0.05) is 18.7 Å². The van der Waals surface area contributed by atoms with E-state index in [9.17, 15) is 0 Å². The fraction of sp³-hybridized carbons (Fsp3) is 0.571. The first-order valence-corrected chi connectivity index (χ1v) is 6.22. The molecule has 1 saturated heterocycles. The first kappa shape index (κ1) is 12.4. The molecule has 0 radical (unpaired) electrons. The Morgan fingerprint density at radius 1 is 1.24 bits per heavy atom. The van der Waals surface area contributed by atoms with Crippen molar-refractivity contribution in [2.45, 2.75) is 38.5 Å². The summed E-state index contributed by atoms with van der Waals surface area (Å²) in [4.78, 5) is 0. The molecule has 1 aliphatic rings. The maximum absolute atomic E-state index is 5.94. The molecular weight excluding hydrogens is 214 g/mol. The summed E-state index contributed by atoms with van der Waals surface area (Å²) in [5, 5.41) is 3.56. The number of hydrogen-bond donors (Lipinski definition) is 1. The van der Waals surface area contributed by atoms with Gasteiger partial charge in [0.05, 0.1) is 13.2 Å². The Morgan fingerprint density at radius 2 is 1.94 bits per heavy atom. The lowest BCUT2D eigenvalue weighted by atomic mass is 10.0. The van der Waals surface area contributed by atoms with E-state index in [-0.39, 0.29) is 6.10 Å². The molecule has 1 heterocycles. The Bertz CT molecular complexity index is 350. The molecule has 1 fully saturated rings. The summed E-state index contributed by atoms with van der Waals surface area (Å²) in [6.07, 6.45) is 1.20. The van der Waals surface area contributed by atoms with Gasteiger partial charge in [-0.2, -0.15) is 0 Å². The van der Waals surface area contributed by atoms with Gasteiger partial charge in [-0.05, 0) is 38.0 Å². The highest BCUT2D eigenvalue weighted by molar-refractivity contribution is 5.29. The van der Waals surface area contributed by atoms with Gasteiger partial charge < -0.3 is 14.8 Å². The van der Waals surface area contributed by atoms with Crippen molar-refractivity contribution in [3.05, 3.63) is 29.8 Å². The van der Waals surface area contributed by atoms with Crippen LogP contribution in [0.25, 0.3) is 0 Å². The van der Waals surface area contributed by atoms with E-state index in [1.54, 1.807) is 7.11 Å². The van der Waals surface area contributed by atoms with Crippen LogP contribution in [0.1, 0.15) is 31.9 Å². The summed E-state index contributed by atoms with van der Waals surface area (Å²) < 4.78 is 11.1. The standard InChI is InChI=1S/C14H21NO2/c1-10-8-9-17-14(11(2)15-10)12-4-6-13(16-3)7-5-12/h4-7,10-11,14-15H,8-9H2,1-3H3. The molecule has 94 valence electrons. The Kier molecular flexibility index (Phi) is 4.02. The smallest absolute Gasteiger partial charge is 0.118 e. The van der Waals surface area contributed by atoms with Crippen LogP contribution in [0.3, 0.4) is 0 Å². The van der Waals surface area contributed by atoms with E-state index in [2.05, 4.69) is 31.3 Å². The Balaban J connectivity index is 2.13. The van der Waals surface area contributed by atoms with Gasteiger partial charge in [0.2, 0.25) is 0 Å². The van der Waals surface area contributed by atoms with Crippen LogP contribution in [0.2, 0.25) is 0 Å². The number of methoxy groups -OCH3 is 1. The van der Waals surface area contributed by atoms with Crippen molar-refractivity contribution >= 4 is 0 Å². The number of ether oxygens (including phenoxy) is 2. The van der Waals surface area contributed by atoms with E-state index in [0.717, 1.165) is 18.8 Å². The van der Waals surface area contributed by atoms with Crippen molar-refractivity contribution in [2.24, 2.45) is 0 Å². The summed E-state index contributed by atoms with van der Waals surface area (Å²) in [7, 11) is 1.68. The van der Waals surface area contributed by atoms with Gasteiger partial charge in [-0.15, -0.1) is 0 Å². The minimum atomic E-state index is 0.130. The molecule has 0 bridgehead atoms. The molecule has 0 saturated carbocycles. The third kappa shape index (κ3) is 2.99. The lowest BCUT2D eigenvalue weighted by Gasteiger charge is -2.23. The fourth-order valence-corrected chi connectivity index (χ4v) is 2.31. The van der Waals surface area contributed by atoms with E-state index in [1.165, 1.54) is 5.56 Å². The number of nitrogens with one attached hydrogen (secondary N) is 1. The van der Waals surface area contributed by atoms with Crippen molar-refractivity contribution in [3.63, 3.8) is 0 Å². The van der Waals surface area contributed by atoms with E-state index >= 15 is 0 Å². The number of benzene rings is 1. The van der Waals surface area contributed by atoms with Gasteiger partial charge in [-0.3, -0.25) is 0 Å². The molecule has 1 aromatic carbocycles. The molecular formula is C14H21NO2. The van der Waals surface area contributed by atoms with Gasteiger partial charge in [0.1, 0.15) is 5.75 Å². The normalized spacial score (nSPS) is 29.7. The Labute approximate surface area is 103 Å². The summed E-state index contributed by atoms with van der Waals surface area (Å²) in [5.41, 5.74) is 1.21. The van der Waals surface area contributed by atoms with Crippen LogP contribution >= 0.6 is 0 Å². The van der Waals surface area contributed by atoms with E-state index in [4.69, 9.17) is 9.47 Å². The van der Waals surface area contributed by atoms with Crippen molar-refractivity contribution < 1.29 is 9.47 Å². The first-order valence-electron chi connectivity index (χ1n) is 6.22. The summed E-state index contributed by atoms with van der Waals surface area (Å²) in [6, 6.07) is 8.99. The highest BCUT2D eigenvalue weighted by Crippen LogP contribution is 2.26. The van der Waals surface area contributed by atoms with Gasteiger partial charge in [-0.25, -0.2) is 0 Å². The summed E-state index contributed by atoms with van der Waals surface area (Å²) >= 11 is 0. The zero-order chi connectivity index (χ0) is 12.3. The highest BCUT2D eigenvalue weighted by Gasteiger charge is 2.24. The zero-order valence-corrected chi connectivity index (χ0v) is 10.8. The Hall–Kier alpha value is -1.06. The molecule has 3 atom stereocenters. The molecule has 0 amide bonds. The second kappa shape index (κ2) is 5.52. The first-order chi connectivity index (χ1) is 8.20. The quantitative estimate of drug-likeness (QED) is 0.854. The molecule has 3 unspecified atom stereocenters. The van der Waals surface area contributed by atoms with Crippen molar-refractivity contribution in [1.82, 2.24) is 5.32 Å². The summed E-state index contributed by atoms with van der Waals surface area (Å²) in [5.74, 6) is 0.886. The predicted octanol–water partition coefficient (Wildman–Crippen LogP) is 2.52. The van der Waals surface area contributed by atoms with E-state index in [0.29, 0.717) is 12.1 Å². The number of rotatable bonds is 2. The largest absolute Gasteiger partial charge is 0.497 e. The van der Waals surface area contributed by atoms with E-state index in [1.807, 2.05) is 12.1 Å². The van der Waals surface area contributed by atoms with Crippen molar-refractivity contribution in [2.75, 3.05) is 13.7 Å². The minimum Gasteiger partial charge on any atom is -0.497 e. The van der Waals surface area contributed by atoms with Crippen LogP contribution in [0.15, 0.2) is 24.3 Å². The molecule has 1 aliphatic heterocycles. The second-order valence-electron chi connectivity index (χ2n) is 4.71. The van der Waals surface area contributed by atoms with E-state index < -0.39 is 0 Å².